The van der Waals surface area contributed by atoms with Crippen molar-refractivity contribution in [2.24, 2.45) is 34.5 Å². The normalized spacial score (nSPS) is 41.6. The van der Waals surface area contributed by atoms with E-state index in [2.05, 4.69) is 20.8 Å². The van der Waals surface area contributed by atoms with E-state index in [0.29, 0.717) is 36.3 Å². The molecule has 0 heterocycles. The summed E-state index contributed by atoms with van der Waals surface area (Å²) in [5.74, 6) is 2.94. The smallest absolute Gasteiger partial charge is 0.167 e. The lowest BCUT2D eigenvalue weighted by molar-refractivity contribution is -0.128. The Hall–Kier alpha value is -1.56. The fraction of sp³-hybridized carbons (Fsp3) is 0.621. The van der Waals surface area contributed by atoms with Crippen LogP contribution in [0.15, 0.2) is 58.2 Å². The molecule has 5 rings (SSSR count). The molecule has 0 aromatic heterocycles. The highest BCUT2D eigenvalue weighted by atomic mass is 32.2. The highest BCUT2D eigenvalue weighted by Gasteiger charge is 2.62. The topological polar surface area (TPSA) is 69.6 Å². The highest BCUT2D eigenvalue weighted by molar-refractivity contribution is 7.91. The first-order chi connectivity index (χ1) is 16.2. The number of ketones is 1. The lowest BCUT2D eigenvalue weighted by Gasteiger charge is -2.60. The van der Waals surface area contributed by atoms with E-state index >= 15 is 0 Å². The maximum Gasteiger partial charge on any atom is 0.167 e. The number of aliphatic hydroxyl groups excluding tert-OH is 1. The van der Waals surface area contributed by atoms with Crippen molar-refractivity contribution >= 4 is 17.0 Å². The number of allylic oxidation sites excluding steroid dienone is 2. The Morgan fingerprint density at radius 1 is 1.21 bits per heavy atom. The van der Waals surface area contributed by atoms with Crippen molar-refractivity contribution in [2.75, 3.05) is 12.9 Å². The van der Waals surface area contributed by atoms with Gasteiger partial charge in [-0.3, -0.25) is 4.79 Å². The minimum Gasteiger partial charge on any atom is -0.611 e. The van der Waals surface area contributed by atoms with Crippen LogP contribution < -0.4 is 0 Å². The van der Waals surface area contributed by atoms with Gasteiger partial charge in [0, 0.05) is 6.42 Å². The Kier molecular flexibility index (Phi) is 6.27. The van der Waals surface area contributed by atoms with E-state index in [1.807, 2.05) is 36.4 Å². The number of ether oxygens (including phenoxy) is 1. The largest absolute Gasteiger partial charge is 0.611 e. The lowest BCUT2D eigenvalue weighted by atomic mass is 9.45. The third kappa shape index (κ3) is 3.70. The van der Waals surface area contributed by atoms with Crippen LogP contribution >= 0.6 is 0 Å². The van der Waals surface area contributed by atoms with Gasteiger partial charge in [0.05, 0.1) is 13.2 Å². The van der Waals surface area contributed by atoms with Crippen LogP contribution in [0.2, 0.25) is 0 Å². The second-order valence-electron chi connectivity index (χ2n) is 11.6. The van der Waals surface area contributed by atoms with E-state index in [9.17, 15) is 14.5 Å². The molecule has 1 aromatic carbocycles. The minimum atomic E-state index is -1.16. The van der Waals surface area contributed by atoms with Gasteiger partial charge in [-0.05, 0) is 102 Å². The Labute approximate surface area is 207 Å². The number of hydrogen-bond donors (Lipinski definition) is 1. The van der Waals surface area contributed by atoms with E-state index in [1.54, 1.807) is 7.11 Å². The standard InChI is InChI=1S/C29H38O4S/c1-18-14-21-22-10-11-23(26(33-4)17-34(32)20-8-6-5-7-9-20)29(22,3)16-25(31)27(21)28(2)13-12-19(30)15-24(18)28/h5-9,15,18,21-22,25,27,31H,10-14,16-17H2,1-4H3/b26-23-/t18-,21-,22-,25-,27+,28-,29-,34?/m0/s1. The van der Waals surface area contributed by atoms with Gasteiger partial charge < -0.3 is 14.4 Å². The molecule has 0 spiro atoms. The third-order valence-electron chi connectivity index (χ3n) is 9.85. The van der Waals surface area contributed by atoms with E-state index in [0.717, 1.165) is 36.3 Å². The number of carbonyl (C=O) groups is 1. The van der Waals surface area contributed by atoms with Crippen LogP contribution in [0.25, 0.3) is 0 Å². The van der Waals surface area contributed by atoms with Crippen LogP contribution in [-0.2, 0) is 20.7 Å². The van der Waals surface area contributed by atoms with E-state index < -0.39 is 17.3 Å². The zero-order valence-electron chi connectivity index (χ0n) is 20.9. The molecule has 184 valence electrons. The van der Waals surface area contributed by atoms with E-state index in [-0.39, 0.29) is 22.5 Å². The van der Waals surface area contributed by atoms with E-state index in [1.165, 1.54) is 11.1 Å². The van der Waals surface area contributed by atoms with Gasteiger partial charge in [0.15, 0.2) is 16.4 Å². The summed E-state index contributed by atoms with van der Waals surface area (Å²) in [6, 6.07) is 9.60. The van der Waals surface area contributed by atoms with Crippen molar-refractivity contribution in [3.63, 3.8) is 0 Å². The third-order valence-corrected chi connectivity index (χ3v) is 11.2. The maximum atomic E-state index is 13.1. The SMILES string of the molecule is CO/C(C[S+]([O-])c1ccccc1)=C1/CC[C@H]2[C@@H]3C[C@H](C)C4=CC(=O)CC[C@]4(C)[C@H]3[C@@H](O)C[C@]12C. The lowest BCUT2D eigenvalue weighted by Crippen LogP contribution is -2.57. The molecule has 0 bridgehead atoms. The van der Waals surface area contributed by atoms with Gasteiger partial charge in [-0.1, -0.05) is 44.5 Å². The van der Waals surface area contributed by atoms with Crippen molar-refractivity contribution in [1.29, 1.82) is 0 Å². The molecule has 4 nitrogen and oxygen atoms in total. The number of benzene rings is 1. The van der Waals surface area contributed by atoms with Gasteiger partial charge in [0.25, 0.3) is 0 Å². The van der Waals surface area contributed by atoms with Gasteiger partial charge in [-0.15, -0.1) is 0 Å². The predicted molar refractivity (Wildman–Crippen MR) is 134 cm³/mol. The summed E-state index contributed by atoms with van der Waals surface area (Å²) in [6.45, 7) is 6.89. The summed E-state index contributed by atoms with van der Waals surface area (Å²) >= 11 is -1.16. The average molecular weight is 483 g/mol. The van der Waals surface area contributed by atoms with E-state index in [4.69, 9.17) is 4.74 Å². The number of methoxy groups -OCH3 is 1. The van der Waals surface area contributed by atoms with Crippen LogP contribution in [0.5, 0.6) is 0 Å². The fourth-order valence-corrected chi connectivity index (χ4v) is 9.59. The number of hydrogen-bond acceptors (Lipinski definition) is 4. The first-order valence-electron chi connectivity index (χ1n) is 12.8. The molecule has 8 atom stereocenters. The number of carbonyl (C=O) groups excluding carboxylic acids is 1. The minimum absolute atomic E-state index is 0.0949. The van der Waals surface area contributed by atoms with Crippen LogP contribution in [-0.4, -0.2) is 34.4 Å². The molecule has 1 aromatic rings. The van der Waals surface area contributed by atoms with Crippen molar-refractivity contribution < 1.29 is 19.2 Å². The van der Waals surface area contributed by atoms with Crippen LogP contribution in [0.3, 0.4) is 0 Å². The Bertz CT molecular complexity index is 1020. The van der Waals surface area contributed by atoms with Gasteiger partial charge in [0.1, 0.15) is 5.76 Å². The summed E-state index contributed by atoms with van der Waals surface area (Å²) in [4.78, 5) is 13.1. The van der Waals surface area contributed by atoms with Crippen molar-refractivity contribution in [2.45, 2.75) is 70.3 Å². The zero-order chi connectivity index (χ0) is 24.3. The first kappa shape index (κ1) is 24.1. The number of fused-ring (bicyclic) bond motifs is 5. The molecule has 3 fully saturated rings. The van der Waals surface area contributed by atoms with Gasteiger partial charge in [-0.25, -0.2) is 0 Å². The summed E-state index contributed by atoms with van der Waals surface area (Å²) in [7, 11) is 1.70. The van der Waals surface area contributed by atoms with Crippen molar-refractivity contribution in [3.8, 4) is 0 Å². The van der Waals surface area contributed by atoms with Gasteiger partial charge >= 0.3 is 0 Å². The Morgan fingerprint density at radius 3 is 2.65 bits per heavy atom. The molecule has 0 amide bonds. The first-order valence-corrected chi connectivity index (χ1v) is 14.1. The summed E-state index contributed by atoms with van der Waals surface area (Å²) in [6.07, 6.45) is 6.72. The molecule has 4 aliphatic rings. The molecule has 1 N–H and O–H groups in total. The van der Waals surface area contributed by atoms with Crippen molar-refractivity contribution in [3.05, 3.63) is 53.3 Å². The maximum absolute atomic E-state index is 13.1. The zero-order valence-corrected chi connectivity index (χ0v) is 21.7. The van der Waals surface area contributed by atoms with Crippen LogP contribution in [0.4, 0.5) is 0 Å². The molecule has 3 saturated carbocycles. The molecular weight excluding hydrogens is 444 g/mol. The predicted octanol–water partition coefficient (Wildman–Crippen LogP) is 5.44. The molecule has 1 unspecified atom stereocenters. The average Bonchev–Trinajstić information content (AvgIpc) is 3.15. The fourth-order valence-electron chi connectivity index (χ4n) is 8.43. The monoisotopic (exact) mass is 482 g/mol. The summed E-state index contributed by atoms with van der Waals surface area (Å²) in [5.41, 5.74) is 2.30. The molecule has 34 heavy (non-hydrogen) atoms. The van der Waals surface area contributed by atoms with Gasteiger partial charge in [-0.2, -0.15) is 0 Å². The summed E-state index contributed by atoms with van der Waals surface area (Å²) < 4.78 is 19.0. The second kappa shape index (κ2) is 8.83. The van der Waals surface area contributed by atoms with Crippen LogP contribution in [0.1, 0.15) is 59.3 Å². The quantitative estimate of drug-likeness (QED) is 0.458. The summed E-state index contributed by atoms with van der Waals surface area (Å²) in [5, 5.41) is 11.7. The molecule has 0 aliphatic heterocycles. The Morgan fingerprint density at radius 2 is 1.94 bits per heavy atom. The van der Waals surface area contributed by atoms with Crippen molar-refractivity contribution in [1.82, 2.24) is 0 Å². The van der Waals surface area contributed by atoms with Gasteiger partial charge in [0.2, 0.25) is 0 Å². The van der Waals surface area contributed by atoms with Crippen LogP contribution in [0, 0.1) is 34.5 Å². The number of aliphatic hydroxyl groups is 1. The second-order valence-corrected chi connectivity index (χ2v) is 13.0. The number of rotatable bonds is 4. The Balaban J connectivity index is 1.48. The molecular formula is C29H38O4S. The molecule has 5 heteroatoms. The highest BCUT2D eigenvalue weighted by Crippen LogP contribution is 2.67. The molecule has 0 radical (unpaired) electrons. The molecule has 0 saturated heterocycles. The molecule has 4 aliphatic carbocycles.